The Morgan fingerprint density at radius 1 is 1.23 bits per heavy atom. The Balaban J connectivity index is 4.89. The molecule has 0 aliphatic rings. The number of aliphatic hydroxyl groups is 2. The number of amides is 2. The van der Waals surface area contributed by atoms with E-state index in [0.29, 0.717) is 5.75 Å². The van der Waals surface area contributed by atoms with Crippen molar-refractivity contribution in [3.63, 3.8) is 0 Å². The van der Waals surface area contributed by atoms with Crippen molar-refractivity contribution in [1.29, 1.82) is 0 Å². The molecule has 7 N–H and O–H groups in total. The van der Waals surface area contributed by atoms with Crippen molar-refractivity contribution in [1.82, 2.24) is 10.6 Å². The molecule has 0 aromatic rings. The Morgan fingerprint density at radius 2 is 1.82 bits per heavy atom. The van der Waals surface area contributed by atoms with Crippen LogP contribution in [0.2, 0.25) is 0 Å². The average molecular weight is 337 g/mol. The second-order valence-electron chi connectivity index (χ2n) is 4.70. The molecule has 9 nitrogen and oxygen atoms in total. The number of nitrogens with one attached hydrogen (secondary N) is 2. The maximum atomic E-state index is 12.1. The van der Waals surface area contributed by atoms with E-state index in [2.05, 4.69) is 10.6 Å². The molecule has 128 valence electrons. The fourth-order valence-corrected chi connectivity index (χ4v) is 1.98. The van der Waals surface area contributed by atoms with Crippen molar-refractivity contribution < 1.29 is 29.7 Å². The number of carboxylic acid groups (broad SMARTS) is 1. The molecule has 0 bridgehead atoms. The van der Waals surface area contributed by atoms with Crippen LogP contribution in [0.3, 0.4) is 0 Å². The van der Waals surface area contributed by atoms with Gasteiger partial charge in [-0.1, -0.05) is 0 Å². The van der Waals surface area contributed by atoms with Crippen molar-refractivity contribution in [2.24, 2.45) is 5.73 Å². The highest BCUT2D eigenvalue weighted by atomic mass is 32.2. The van der Waals surface area contributed by atoms with Crippen LogP contribution < -0.4 is 16.4 Å². The SMILES string of the molecule is CSCC[C@H](NC(=O)[C@@H](N)CO)C(=O)N[C@H](C(=O)O)[C@@H](C)O. The smallest absolute Gasteiger partial charge is 0.328 e. The Bertz CT molecular complexity index is 393. The van der Waals surface area contributed by atoms with E-state index in [1.807, 2.05) is 6.26 Å². The lowest BCUT2D eigenvalue weighted by molar-refractivity contribution is -0.145. The Morgan fingerprint density at radius 3 is 2.23 bits per heavy atom. The molecule has 0 aliphatic carbocycles. The Hall–Kier alpha value is -1.36. The third kappa shape index (κ3) is 7.07. The summed E-state index contributed by atoms with van der Waals surface area (Å²) in [6.07, 6.45) is 0.771. The first-order valence-electron chi connectivity index (χ1n) is 6.61. The molecule has 2 amide bonds. The van der Waals surface area contributed by atoms with Crippen LogP contribution in [0.5, 0.6) is 0 Å². The molecule has 0 saturated carbocycles. The lowest BCUT2D eigenvalue weighted by Crippen LogP contribution is -2.57. The molecule has 0 aromatic carbocycles. The summed E-state index contributed by atoms with van der Waals surface area (Å²) in [5.41, 5.74) is 5.36. The summed E-state index contributed by atoms with van der Waals surface area (Å²) in [5, 5.41) is 31.7. The molecule has 10 heteroatoms. The van der Waals surface area contributed by atoms with Gasteiger partial charge in [-0.2, -0.15) is 11.8 Å². The summed E-state index contributed by atoms with van der Waals surface area (Å²) < 4.78 is 0. The number of aliphatic carboxylic acids is 1. The molecule has 0 radical (unpaired) electrons. The number of rotatable bonds is 10. The third-order valence-corrected chi connectivity index (χ3v) is 3.47. The van der Waals surface area contributed by atoms with Gasteiger partial charge in [0, 0.05) is 0 Å². The molecule has 0 fully saturated rings. The first kappa shape index (κ1) is 20.6. The summed E-state index contributed by atoms with van der Waals surface area (Å²) in [7, 11) is 0. The molecule has 0 spiro atoms. The van der Waals surface area contributed by atoms with E-state index in [9.17, 15) is 19.5 Å². The number of hydrogen-bond acceptors (Lipinski definition) is 7. The van der Waals surface area contributed by atoms with Crippen LogP contribution in [-0.4, -0.2) is 75.9 Å². The van der Waals surface area contributed by atoms with E-state index in [4.69, 9.17) is 15.9 Å². The van der Waals surface area contributed by atoms with Gasteiger partial charge in [-0.15, -0.1) is 0 Å². The molecule has 0 rings (SSSR count). The quantitative estimate of drug-likeness (QED) is 0.255. The minimum absolute atomic E-state index is 0.253. The first-order valence-corrected chi connectivity index (χ1v) is 8.01. The van der Waals surface area contributed by atoms with Crippen molar-refractivity contribution in [2.45, 2.75) is 37.6 Å². The monoisotopic (exact) mass is 337 g/mol. The molecule has 0 aliphatic heterocycles. The van der Waals surface area contributed by atoms with Gasteiger partial charge in [0.25, 0.3) is 0 Å². The first-order chi connectivity index (χ1) is 10.2. The molecule has 22 heavy (non-hydrogen) atoms. The zero-order valence-corrected chi connectivity index (χ0v) is 13.3. The van der Waals surface area contributed by atoms with Crippen molar-refractivity contribution >= 4 is 29.5 Å². The zero-order valence-electron chi connectivity index (χ0n) is 12.5. The molecule has 0 saturated heterocycles. The number of nitrogens with two attached hydrogens (primary N) is 1. The maximum absolute atomic E-state index is 12.1. The summed E-state index contributed by atoms with van der Waals surface area (Å²) in [6, 6.07) is -3.65. The number of hydrogen-bond donors (Lipinski definition) is 6. The van der Waals surface area contributed by atoms with Crippen LogP contribution >= 0.6 is 11.8 Å². The van der Waals surface area contributed by atoms with Crippen LogP contribution in [0.25, 0.3) is 0 Å². The zero-order chi connectivity index (χ0) is 17.3. The Labute approximate surface area is 132 Å². The Kier molecular flexibility index (Phi) is 9.74. The van der Waals surface area contributed by atoms with Gasteiger partial charge in [0.15, 0.2) is 6.04 Å². The number of carbonyl (C=O) groups is 3. The minimum Gasteiger partial charge on any atom is -0.480 e. The molecule has 0 unspecified atom stereocenters. The maximum Gasteiger partial charge on any atom is 0.328 e. The minimum atomic E-state index is -1.48. The number of thioether (sulfide) groups is 1. The van der Waals surface area contributed by atoms with Gasteiger partial charge in [-0.05, 0) is 25.4 Å². The highest BCUT2D eigenvalue weighted by Gasteiger charge is 2.29. The summed E-state index contributed by atoms with van der Waals surface area (Å²) in [4.78, 5) is 34.7. The highest BCUT2D eigenvalue weighted by molar-refractivity contribution is 7.98. The fraction of sp³-hybridized carbons (Fsp3) is 0.750. The molecular weight excluding hydrogens is 314 g/mol. The van der Waals surface area contributed by atoms with Gasteiger partial charge in [-0.3, -0.25) is 9.59 Å². The lowest BCUT2D eigenvalue weighted by atomic mass is 10.1. The van der Waals surface area contributed by atoms with Crippen LogP contribution in [0, 0.1) is 0 Å². The predicted octanol–water partition coefficient (Wildman–Crippen LogP) is -2.51. The van der Waals surface area contributed by atoms with E-state index in [-0.39, 0.29) is 6.42 Å². The van der Waals surface area contributed by atoms with Crippen molar-refractivity contribution in [3.8, 4) is 0 Å². The standard InChI is InChI=1S/C12H23N3O6S/c1-6(17)9(12(20)21)15-11(19)8(3-4-22-2)14-10(18)7(13)5-16/h6-9,16-17H,3-5,13H2,1-2H3,(H,14,18)(H,15,19)(H,20,21)/t6-,7+,8+,9+/m1/s1. The van der Waals surface area contributed by atoms with Crippen LogP contribution in [-0.2, 0) is 14.4 Å². The van der Waals surface area contributed by atoms with E-state index in [1.54, 1.807) is 0 Å². The van der Waals surface area contributed by atoms with Gasteiger partial charge in [-0.25, -0.2) is 4.79 Å². The van der Waals surface area contributed by atoms with Gasteiger partial charge < -0.3 is 31.7 Å². The summed E-state index contributed by atoms with van der Waals surface area (Å²) >= 11 is 1.44. The highest BCUT2D eigenvalue weighted by Crippen LogP contribution is 2.03. The van der Waals surface area contributed by atoms with Gasteiger partial charge in [0.2, 0.25) is 11.8 Å². The van der Waals surface area contributed by atoms with Gasteiger partial charge >= 0.3 is 5.97 Å². The second-order valence-corrected chi connectivity index (χ2v) is 5.68. The average Bonchev–Trinajstić information content (AvgIpc) is 2.46. The van der Waals surface area contributed by atoms with Crippen molar-refractivity contribution in [2.75, 3.05) is 18.6 Å². The van der Waals surface area contributed by atoms with Crippen molar-refractivity contribution in [3.05, 3.63) is 0 Å². The third-order valence-electron chi connectivity index (χ3n) is 2.82. The normalized spacial score (nSPS) is 16.2. The topological polar surface area (TPSA) is 162 Å². The van der Waals surface area contributed by atoms with E-state index < -0.39 is 48.6 Å². The lowest BCUT2D eigenvalue weighted by Gasteiger charge is -2.23. The molecular formula is C12H23N3O6S. The van der Waals surface area contributed by atoms with Gasteiger partial charge in [0.05, 0.1) is 12.7 Å². The largest absolute Gasteiger partial charge is 0.480 e. The van der Waals surface area contributed by atoms with Crippen LogP contribution in [0.4, 0.5) is 0 Å². The molecule has 0 aromatic heterocycles. The van der Waals surface area contributed by atoms with Crippen LogP contribution in [0.15, 0.2) is 0 Å². The fourth-order valence-electron chi connectivity index (χ4n) is 1.51. The summed E-state index contributed by atoms with van der Waals surface area (Å²) in [6.45, 7) is 0.657. The number of aliphatic hydroxyl groups excluding tert-OH is 2. The summed E-state index contributed by atoms with van der Waals surface area (Å²) in [5.74, 6) is -2.29. The van der Waals surface area contributed by atoms with E-state index >= 15 is 0 Å². The molecule has 4 atom stereocenters. The predicted molar refractivity (Wildman–Crippen MR) is 81.2 cm³/mol. The van der Waals surface area contributed by atoms with Gasteiger partial charge in [0.1, 0.15) is 12.1 Å². The van der Waals surface area contributed by atoms with E-state index in [0.717, 1.165) is 0 Å². The molecule has 0 heterocycles. The number of carbonyl (C=O) groups excluding carboxylic acids is 2. The second kappa shape index (κ2) is 10.4. The number of carboxylic acids is 1. The van der Waals surface area contributed by atoms with Crippen LogP contribution in [0.1, 0.15) is 13.3 Å². The van der Waals surface area contributed by atoms with E-state index in [1.165, 1.54) is 18.7 Å².